The van der Waals surface area contributed by atoms with Gasteiger partial charge < -0.3 is 16.0 Å². The van der Waals surface area contributed by atoms with Crippen LogP contribution >= 0.6 is 0 Å². The Morgan fingerprint density at radius 1 is 1.42 bits per heavy atom. The van der Waals surface area contributed by atoms with E-state index in [0.29, 0.717) is 18.8 Å². The average molecular weight is 264 g/mol. The number of pyridine rings is 1. The Bertz CT molecular complexity index is 458. The minimum atomic E-state index is -0.591. The minimum Gasteiger partial charge on any atom is -0.374 e. The number of carbonyl (C=O) groups is 2. The molecule has 0 saturated heterocycles. The van der Waals surface area contributed by atoms with Crippen molar-refractivity contribution in [1.82, 2.24) is 9.88 Å². The summed E-state index contributed by atoms with van der Waals surface area (Å²) in [6.45, 7) is 7.00. The van der Waals surface area contributed by atoms with Crippen molar-refractivity contribution >= 4 is 17.5 Å². The second-order valence-corrected chi connectivity index (χ2v) is 4.17. The number of likely N-dealkylation sites (N-methyl/N-ethyl adjacent to an activating group) is 1. The summed E-state index contributed by atoms with van der Waals surface area (Å²) in [5.74, 6) is -0.575. The molecule has 3 N–H and O–H groups in total. The molecule has 2 amide bonds. The lowest BCUT2D eigenvalue weighted by Crippen LogP contribution is -2.41. The van der Waals surface area contributed by atoms with E-state index in [4.69, 9.17) is 5.73 Å². The number of anilines is 1. The summed E-state index contributed by atoms with van der Waals surface area (Å²) in [5, 5.41) is 3.05. The monoisotopic (exact) mass is 264 g/mol. The quantitative estimate of drug-likeness (QED) is 0.797. The molecule has 1 heterocycles. The van der Waals surface area contributed by atoms with Crippen LogP contribution in [0.15, 0.2) is 18.3 Å². The first-order valence-electron chi connectivity index (χ1n) is 6.30. The standard InChI is InChI=1S/C13H20N4O2/c1-4-17(5-2)13(19)9(3)16-10-6-7-15-11(8-10)12(14)18/h6-9H,4-5H2,1-3H3,(H2,14,18)(H,15,16). The van der Waals surface area contributed by atoms with Crippen LogP contribution in [0.5, 0.6) is 0 Å². The molecule has 0 spiro atoms. The van der Waals surface area contributed by atoms with Gasteiger partial charge in [-0.25, -0.2) is 0 Å². The van der Waals surface area contributed by atoms with Gasteiger partial charge >= 0.3 is 0 Å². The SMILES string of the molecule is CCN(CC)C(=O)C(C)Nc1ccnc(C(N)=O)c1. The number of carbonyl (C=O) groups excluding carboxylic acids is 2. The Morgan fingerprint density at radius 2 is 2.05 bits per heavy atom. The number of aromatic nitrogens is 1. The van der Waals surface area contributed by atoms with E-state index in [1.165, 1.54) is 12.3 Å². The van der Waals surface area contributed by atoms with Crippen molar-refractivity contribution in [1.29, 1.82) is 0 Å². The number of nitrogens with two attached hydrogens (primary N) is 1. The summed E-state index contributed by atoms with van der Waals surface area (Å²) < 4.78 is 0. The van der Waals surface area contributed by atoms with Crippen LogP contribution in [0.4, 0.5) is 5.69 Å². The lowest BCUT2D eigenvalue weighted by molar-refractivity contribution is -0.131. The molecular weight excluding hydrogens is 244 g/mol. The summed E-state index contributed by atoms with van der Waals surface area (Å²) in [7, 11) is 0. The fraction of sp³-hybridized carbons (Fsp3) is 0.462. The zero-order valence-corrected chi connectivity index (χ0v) is 11.5. The Kier molecular flexibility index (Phi) is 5.29. The number of hydrogen-bond acceptors (Lipinski definition) is 4. The van der Waals surface area contributed by atoms with E-state index in [2.05, 4.69) is 10.3 Å². The van der Waals surface area contributed by atoms with Gasteiger partial charge in [-0.1, -0.05) is 0 Å². The zero-order chi connectivity index (χ0) is 14.4. The van der Waals surface area contributed by atoms with Gasteiger partial charge in [-0.3, -0.25) is 14.6 Å². The van der Waals surface area contributed by atoms with Crippen molar-refractivity contribution < 1.29 is 9.59 Å². The van der Waals surface area contributed by atoms with Crippen LogP contribution in [0.25, 0.3) is 0 Å². The lowest BCUT2D eigenvalue weighted by atomic mass is 10.2. The van der Waals surface area contributed by atoms with Crippen molar-refractivity contribution in [3.05, 3.63) is 24.0 Å². The maximum Gasteiger partial charge on any atom is 0.267 e. The van der Waals surface area contributed by atoms with Gasteiger partial charge in [0.05, 0.1) is 0 Å². The molecule has 0 fully saturated rings. The van der Waals surface area contributed by atoms with Gasteiger partial charge in [0.1, 0.15) is 11.7 Å². The highest BCUT2D eigenvalue weighted by Gasteiger charge is 2.18. The van der Waals surface area contributed by atoms with E-state index >= 15 is 0 Å². The molecule has 6 nitrogen and oxygen atoms in total. The fourth-order valence-electron chi connectivity index (χ4n) is 1.78. The molecule has 0 aliphatic heterocycles. The summed E-state index contributed by atoms with van der Waals surface area (Å²) in [5.41, 5.74) is 5.98. The van der Waals surface area contributed by atoms with Crippen LogP contribution in [0.1, 0.15) is 31.3 Å². The highest BCUT2D eigenvalue weighted by atomic mass is 16.2. The first-order valence-corrected chi connectivity index (χ1v) is 6.30. The number of hydrogen-bond donors (Lipinski definition) is 2. The summed E-state index contributed by atoms with van der Waals surface area (Å²) in [6.07, 6.45) is 1.48. The Balaban J connectivity index is 2.76. The van der Waals surface area contributed by atoms with Crippen molar-refractivity contribution in [2.75, 3.05) is 18.4 Å². The van der Waals surface area contributed by atoms with E-state index in [-0.39, 0.29) is 17.6 Å². The number of primary amides is 1. The molecule has 6 heteroatoms. The number of rotatable bonds is 6. The molecule has 1 unspecified atom stereocenters. The molecule has 0 aromatic carbocycles. The molecule has 0 bridgehead atoms. The van der Waals surface area contributed by atoms with E-state index in [0.717, 1.165) is 0 Å². The van der Waals surface area contributed by atoms with Crippen LogP contribution in [0.2, 0.25) is 0 Å². The second-order valence-electron chi connectivity index (χ2n) is 4.17. The van der Waals surface area contributed by atoms with Crippen LogP contribution in [-0.2, 0) is 4.79 Å². The van der Waals surface area contributed by atoms with E-state index < -0.39 is 5.91 Å². The smallest absolute Gasteiger partial charge is 0.267 e. The highest BCUT2D eigenvalue weighted by Crippen LogP contribution is 2.10. The molecule has 0 radical (unpaired) electrons. The average Bonchev–Trinajstić information content (AvgIpc) is 2.40. The normalized spacial score (nSPS) is 11.7. The van der Waals surface area contributed by atoms with Crippen LogP contribution in [0.3, 0.4) is 0 Å². The first kappa shape index (κ1) is 14.9. The predicted molar refractivity (Wildman–Crippen MR) is 73.8 cm³/mol. The van der Waals surface area contributed by atoms with Crippen LogP contribution in [-0.4, -0.2) is 40.8 Å². The first-order chi connectivity index (χ1) is 8.99. The van der Waals surface area contributed by atoms with E-state index in [9.17, 15) is 9.59 Å². The highest BCUT2D eigenvalue weighted by molar-refractivity contribution is 5.92. The van der Waals surface area contributed by atoms with Gasteiger partial charge in [-0.05, 0) is 32.9 Å². The molecule has 1 aromatic heterocycles. The number of nitrogens with one attached hydrogen (secondary N) is 1. The van der Waals surface area contributed by atoms with Crippen molar-refractivity contribution in [2.45, 2.75) is 26.8 Å². The fourth-order valence-corrected chi connectivity index (χ4v) is 1.78. The Labute approximate surface area is 113 Å². The van der Waals surface area contributed by atoms with Gasteiger partial charge in [-0.2, -0.15) is 0 Å². The Hall–Kier alpha value is -2.11. The molecule has 1 aromatic rings. The topological polar surface area (TPSA) is 88.3 Å². The molecule has 19 heavy (non-hydrogen) atoms. The zero-order valence-electron chi connectivity index (χ0n) is 11.5. The van der Waals surface area contributed by atoms with Crippen LogP contribution < -0.4 is 11.1 Å². The molecule has 1 atom stereocenters. The summed E-state index contributed by atoms with van der Waals surface area (Å²) in [6, 6.07) is 2.86. The third-order valence-corrected chi connectivity index (χ3v) is 2.84. The molecule has 104 valence electrons. The van der Waals surface area contributed by atoms with Gasteiger partial charge in [-0.15, -0.1) is 0 Å². The van der Waals surface area contributed by atoms with Gasteiger partial charge in [0.25, 0.3) is 5.91 Å². The largest absolute Gasteiger partial charge is 0.374 e. The Morgan fingerprint density at radius 3 is 2.58 bits per heavy atom. The van der Waals surface area contributed by atoms with Gasteiger partial charge in [0, 0.05) is 25.0 Å². The molecule has 0 saturated carbocycles. The minimum absolute atomic E-state index is 0.0161. The second kappa shape index (κ2) is 6.72. The molecule has 1 rings (SSSR count). The van der Waals surface area contributed by atoms with Gasteiger partial charge in [0.15, 0.2) is 0 Å². The van der Waals surface area contributed by atoms with Crippen molar-refractivity contribution in [3.8, 4) is 0 Å². The van der Waals surface area contributed by atoms with E-state index in [1.54, 1.807) is 17.9 Å². The third-order valence-electron chi connectivity index (χ3n) is 2.84. The maximum absolute atomic E-state index is 12.1. The van der Waals surface area contributed by atoms with Crippen molar-refractivity contribution in [3.63, 3.8) is 0 Å². The number of nitrogens with zero attached hydrogens (tertiary/aromatic N) is 2. The third kappa shape index (κ3) is 3.94. The summed E-state index contributed by atoms with van der Waals surface area (Å²) >= 11 is 0. The van der Waals surface area contributed by atoms with Gasteiger partial charge in [0.2, 0.25) is 5.91 Å². The summed E-state index contributed by atoms with van der Waals surface area (Å²) in [4.78, 5) is 28.7. The molecular formula is C13H20N4O2. The molecule has 0 aliphatic rings. The lowest BCUT2D eigenvalue weighted by Gasteiger charge is -2.24. The molecule has 0 aliphatic carbocycles. The van der Waals surface area contributed by atoms with Crippen molar-refractivity contribution in [2.24, 2.45) is 5.73 Å². The number of amides is 2. The maximum atomic E-state index is 12.1. The van der Waals surface area contributed by atoms with E-state index in [1.807, 2.05) is 13.8 Å². The van der Waals surface area contributed by atoms with Crippen LogP contribution in [0, 0.1) is 0 Å². The predicted octanol–water partition coefficient (Wildman–Crippen LogP) is 0.849.